The summed E-state index contributed by atoms with van der Waals surface area (Å²) in [4.78, 5) is 21.7. The lowest BCUT2D eigenvalue weighted by Crippen LogP contribution is -2.00. The van der Waals surface area contributed by atoms with Gasteiger partial charge < -0.3 is 4.74 Å². The molecule has 0 atom stereocenters. The standard InChI is InChI=1S/C13H14O3/c1-3-16-13(15)8-10(2)12-6-4-11(9-14)5-7-12/h4-9H,3H2,1-2H3/b10-8-. The second-order valence-corrected chi connectivity index (χ2v) is 3.32. The molecule has 1 aromatic rings. The molecule has 0 aromatic heterocycles. The summed E-state index contributed by atoms with van der Waals surface area (Å²) in [6.45, 7) is 3.96. The van der Waals surface area contributed by atoms with Crippen molar-refractivity contribution in [2.75, 3.05) is 6.61 Å². The Labute approximate surface area is 94.7 Å². The Morgan fingerprint density at radius 1 is 1.31 bits per heavy atom. The van der Waals surface area contributed by atoms with E-state index in [0.29, 0.717) is 12.2 Å². The summed E-state index contributed by atoms with van der Waals surface area (Å²) in [5.74, 6) is -0.348. The highest BCUT2D eigenvalue weighted by atomic mass is 16.5. The van der Waals surface area contributed by atoms with Crippen molar-refractivity contribution in [2.45, 2.75) is 13.8 Å². The van der Waals surface area contributed by atoms with Crippen LogP contribution in [-0.4, -0.2) is 18.9 Å². The lowest BCUT2D eigenvalue weighted by molar-refractivity contribution is -0.137. The van der Waals surface area contributed by atoms with Crippen molar-refractivity contribution in [2.24, 2.45) is 0 Å². The number of rotatable bonds is 4. The molecule has 1 aromatic carbocycles. The summed E-state index contributed by atoms with van der Waals surface area (Å²) in [5.41, 5.74) is 2.34. The average molecular weight is 218 g/mol. The summed E-state index contributed by atoms with van der Waals surface area (Å²) in [7, 11) is 0. The van der Waals surface area contributed by atoms with E-state index >= 15 is 0 Å². The number of aldehydes is 1. The highest BCUT2D eigenvalue weighted by Crippen LogP contribution is 2.14. The molecule has 84 valence electrons. The minimum atomic E-state index is -0.348. The van der Waals surface area contributed by atoms with Crippen molar-refractivity contribution in [1.29, 1.82) is 0 Å². The van der Waals surface area contributed by atoms with Gasteiger partial charge in [0.15, 0.2) is 0 Å². The largest absolute Gasteiger partial charge is 0.463 e. The van der Waals surface area contributed by atoms with Crippen molar-refractivity contribution in [1.82, 2.24) is 0 Å². The molecule has 0 unspecified atom stereocenters. The van der Waals surface area contributed by atoms with Crippen molar-refractivity contribution in [3.63, 3.8) is 0 Å². The summed E-state index contributed by atoms with van der Waals surface area (Å²) < 4.78 is 4.81. The van der Waals surface area contributed by atoms with Gasteiger partial charge in [0.1, 0.15) is 6.29 Å². The second kappa shape index (κ2) is 5.85. The molecule has 3 heteroatoms. The molecule has 0 aliphatic carbocycles. The number of allylic oxidation sites excluding steroid dienone is 1. The summed E-state index contributed by atoms with van der Waals surface area (Å²) in [6, 6.07) is 7.03. The molecule has 0 aliphatic rings. The molecule has 0 N–H and O–H groups in total. The maximum absolute atomic E-state index is 11.2. The third kappa shape index (κ3) is 3.35. The van der Waals surface area contributed by atoms with Crippen molar-refractivity contribution >= 4 is 17.8 Å². The Kier molecular flexibility index (Phi) is 4.45. The maximum Gasteiger partial charge on any atom is 0.331 e. The summed E-state index contributed by atoms with van der Waals surface area (Å²) >= 11 is 0. The fraction of sp³-hybridized carbons (Fsp3) is 0.231. The highest BCUT2D eigenvalue weighted by Gasteiger charge is 2.00. The first kappa shape index (κ1) is 12.2. The molecular formula is C13H14O3. The number of hydrogen-bond donors (Lipinski definition) is 0. The maximum atomic E-state index is 11.2. The van der Waals surface area contributed by atoms with E-state index in [1.165, 1.54) is 6.08 Å². The Hall–Kier alpha value is -1.90. The number of benzene rings is 1. The Morgan fingerprint density at radius 2 is 1.94 bits per heavy atom. The first-order valence-corrected chi connectivity index (χ1v) is 5.08. The minimum Gasteiger partial charge on any atom is -0.463 e. The number of carbonyl (C=O) groups excluding carboxylic acids is 2. The van der Waals surface area contributed by atoms with Gasteiger partial charge in [0.05, 0.1) is 6.61 Å². The molecule has 0 amide bonds. The third-order valence-corrected chi connectivity index (χ3v) is 2.12. The summed E-state index contributed by atoms with van der Waals surface area (Å²) in [5, 5.41) is 0. The van der Waals surface area contributed by atoms with E-state index in [9.17, 15) is 9.59 Å². The van der Waals surface area contributed by atoms with Crippen molar-refractivity contribution in [3.8, 4) is 0 Å². The molecular weight excluding hydrogens is 204 g/mol. The van der Waals surface area contributed by atoms with Gasteiger partial charge >= 0.3 is 5.97 Å². The van der Waals surface area contributed by atoms with Gasteiger partial charge in [-0.1, -0.05) is 24.3 Å². The van der Waals surface area contributed by atoms with Crippen LogP contribution in [0.4, 0.5) is 0 Å². The number of esters is 1. The van der Waals surface area contributed by atoms with E-state index in [4.69, 9.17) is 4.74 Å². The van der Waals surface area contributed by atoms with Gasteiger partial charge in [0.25, 0.3) is 0 Å². The lowest BCUT2D eigenvalue weighted by atomic mass is 10.1. The average Bonchev–Trinajstić information content (AvgIpc) is 2.29. The number of hydrogen-bond acceptors (Lipinski definition) is 3. The molecule has 0 aliphatic heterocycles. The molecule has 0 heterocycles. The van der Waals surface area contributed by atoms with Crippen LogP contribution in [0.15, 0.2) is 30.3 Å². The SMILES string of the molecule is CCOC(=O)/C=C(/C)c1ccc(C=O)cc1. The predicted octanol–water partition coefficient (Wildman–Crippen LogP) is 2.47. The van der Waals surface area contributed by atoms with E-state index in [2.05, 4.69) is 0 Å². The molecule has 0 saturated carbocycles. The van der Waals surface area contributed by atoms with Crippen LogP contribution in [-0.2, 0) is 9.53 Å². The zero-order valence-corrected chi connectivity index (χ0v) is 9.40. The first-order chi connectivity index (χ1) is 7.67. The molecule has 3 nitrogen and oxygen atoms in total. The van der Waals surface area contributed by atoms with Gasteiger partial charge in [-0.25, -0.2) is 4.79 Å². The van der Waals surface area contributed by atoms with E-state index in [1.807, 2.05) is 6.92 Å². The topological polar surface area (TPSA) is 43.4 Å². The Balaban J connectivity index is 2.83. The summed E-state index contributed by atoms with van der Waals surface area (Å²) in [6.07, 6.45) is 2.23. The third-order valence-electron chi connectivity index (χ3n) is 2.12. The fourth-order valence-electron chi connectivity index (χ4n) is 1.27. The fourth-order valence-corrected chi connectivity index (χ4v) is 1.27. The molecule has 0 fully saturated rings. The lowest BCUT2D eigenvalue weighted by Gasteiger charge is -2.02. The van der Waals surface area contributed by atoms with Crippen LogP contribution < -0.4 is 0 Å². The van der Waals surface area contributed by atoms with Crippen LogP contribution in [0.1, 0.15) is 29.8 Å². The monoisotopic (exact) mass is 218 g/mol. The number of carbonyl (C=O) groups is 2. The van der Waals surface area contributed by atoms with Crippen LogP contribution in [0.3, 0.4) is 0 Å². The van der Waals surface area contributed by atoms with Crippen molar-refractivity contribution < 1.29 is 14.3 Å². The van der Waals surface area contributed by atoms with E-state index in [-0.39, 0.29) is 5.97 Å². The van der Waals surface area contributed by atoms with E-state index in [1.54, 1.807) is 31.2 Å². The van der Waals surface area contributed by atoms with Crippen LogP contribution in [0.25, 0.3) is 5.57 Å². The normalized spacial score (nSPS) is 11.0. The number of ether oxygens (including phenoxy) is 1. The van der Waals surface area contributed by atoms with Crippen molar-refractivity contribution in [3.05, 3.63) is 41.5 Å². The predicted molar refractivity (Wildman–Crippen MR) is 62.1 cm³/mol. The van der Waals surface area contributed by atoms with Gasteiger partial charge in [0, 0.05) is 11.6 Å². The Bertz CT molecular complexity index is 402. The molecule has 0 bridgehead atoms. The first-order valence-electron chi connectivity index (χ1n) is 5.08. The minimum absolute atomic E-state index is 0.348. The van der Waals surface area contributed by atoms with Crippen LogP contribution in [0.5, 0.6) is 0 Å². The molecule has 0 radical (unpaired) electrons. The van der Waals surface area contributed by atoms with Crippen LogP contribution >= 0.6 is 0 Å². The zero-order chi connectivity index (χ0) is 12.0. The van der Waals surface area contributed by atoms with Gasteiger partial charge in [-0.3, -0.25) is 4.79 Å². The second-order valence-electron chi connectivity index (χ2n) is 3.32. The molecule has 0 saturated heterocycles. The quantitative estimate of drug-likeness (QED) is 0.443. The van der Waals surface area contributed by atoms with Crippen LogP contribution in [0.2, 0.25) is 0 Å². The molecule has 16 heavy (non-hydrogen) atoms. The smallest absolute Gasteiger partial charge is 0.331 e. The van der Waals surface area contributed by atoms with Gasteiger partial charge in [-0.15, -0.1) is 0 Å². The molecule has 0 spiro atoms. The zero-order valence-electron chi connectivity index (χ0n) is 9.40. The Morgan fingerprint density at radius 3 is 2.44 bits per heavy atom. The van der Waals surface area contributed by atoms with E-state index in [0.717, 1.165) is 17.4 Å². The van der Waals surface area contributed by atoms with E-state index < -0.39 is 0 Å². The van der Waals surface area contributed by atoms with Gasteiger partial charge in [-0.05, 0) is 25.0 Å². The highest BCUT2D eigenvalue weighted by molar-refractivity contribution is 5.91. The van der Waals surface area contributed by atoms with Gasteiger partial charge in [0.2, 0.25) is 0 Å². The van der Waals surface area contributed by atoms with Crippen LogP contribution in [0, 0.1) is 0 Å². The van der Waals surface area contributed by atoms with Gasteiger partial charge in [-0.2, -0.15) is 0 Å². The molecule has 1 rings (SSSR count).